The summed E-state index contributed by atoms with van der Waals surface area (Å²) in [6.45, 7) is 6.84. The van der Waals surface area contributed by atoms with Gasteiger partial charge in [-0.05, 0) is 53.7 Å². The molecular weight excluding hydrogens is 322 g/mol. The standard InChI is InChI=1S/C22H31NOSi/c1-22(2,16-13-19-14-17-23-18-15-19)25(24,20-9-5-3-6-10-20)21-11-7-4-8-12-21/h3-12,19,23-24H,13-18H2,1-2H3. The van der Waals surface area contributed by atoms with Gasteiger partial charge in [-0.25, -0.2) is 0 Å². The van der Waals surface area contributed by atoms with Crippen molar-refractivity contribution in [3.05, 3.63) is 60.7 Å². The van der Waals surface area contributed by atoms with E-state index < -0.39 is 8.32 Å². The molecule has 2 N–H and O–H groups in total. The Kier molecular flexibility index (Phi) is 5.77. The van der Waals surface area contributed by atoms with Gasteiger partial charge in [0.25, 0.3) is 8.32 Å². The van der Waals surface area contributed by atoms with Crippen LogP contribution in [0.15, 0.2) is 60.7 Å². The highest BCUT2D eigenvalue weighted by Gasteiger charge is 2.49. The minimum absolute atomic E-state index is 0.111. The minimum atomic E-state index is -2.83. The summed E-state index contributed by atoms with van der Waals surface area (Å²) >= 11 is 0. The van der Waals surface area contributed by atoms with Crippen LogP contribution in [-0.2, 0) is 0 Å². The molecule has 0 bridgehead atoms. The number of nitrogens with one attached hydrogen (secondary N) is 1. The molecule has 2 nitrogen and oxygen atoms in total. The van der Waals surface area contributed by atoms with Gasteiger partial charge in [0.2, 0.25) is 0 Å². The molecule has 0 amide bonds. The molecule has 1 fully saturated rings. The van der Waals surface area contributed by atoms with Gasteiger partial charge < -0.3 is 10.1 Å². The topological polar surface area (TPSA) is 32.3 Å². The van der Waals surface area contributed by atoms with E-state index in [2.05, 4.69) is 67.7 Å². The largest absolute Gasteiger partial charge is 0.424 e. The molecule has 0 atom stereocenters. The predicted molar refractivity (Wildman–Crippen MR) is 109 cm³/mol. The summed E-state index contributed by atoms with van der Waals surface area (Å²) < 4.78 is 0. The zero-order chi connectivity index (χ0) is 17.8. The summed E-state index contributed by atoms with van der Waals surface area (Å²) in [6.07, 6.45) is 4.83. The summed E-state index contributed by atoms with van der Waals surface area (Å²) in [5.41, 5.74) is 0. The van der Waals surface area contributed by atoms with E-state index >= 15 is 0 Å². The summed E-state index contributed by atoms with van der Waals surface area (Å²) in [4.78, 5) is 12.1. The van der Waals surface area contributed by atoms with Crippen LogP contribution in [0, 0.1) is 5.92 Å². The van der Waals surface area contributed by atoms with Gasteiger partial charge in [0.15, 0.2) is 0 Å². The van der Waals surface area contributed by atoms with Gasteiger partial charge in [-0.3, -0.25) is 0 Å². The van der Waals surface area contributed by atoms with Crippen LogP contribution >= 0.6 is 0 Å². The first-order valence-electron chi connectivity index (χ1n) is 9.58. The molecule has 0 saturated carbocycles. The van der Waals surface area contributed by atoms with Crippen molar-refractivity contribution in [2.24, 2.45) is 5.92 Å². The van der Waals surface area contributed by atoms with E-state index in [0.717, 1.165) is 35.8 Å². The van der Waals surface area contributed by atoms with Crippen LogP contribution < -0.4 is 15.7 Å². The number of hydrogen-bond donors (Lipinski definition) is 2. The van der Waals surface area contributed by atoms with Crippen molar-refractivity contribution >= 4 is 18.7 Å². The maximum Gasteiger partial charge on any atom is 0.258 e. The average Bonchev–Trinajstić information content (AvgIpc) is 2.68. The van der Waals surface area contributed by atoms with Gasteiger partial charge in [-0.1, -0.05) is 80.9 Å². The lowest BCUT2D eigenvalue weighted by molar-refractivity contribution is 0.325. The first kappa shape index (κ1) is 18.4. The molecule has 0 unspecified atom stereocenters. The molecule has 1 aliphatic rings. The van der Waals surface area contributed by atoms with E-state index in [1.54, 1.807) is 0 Å². The Bertz CT molecular complexity index is 611. The summed E-state index contributed by atoms with van der Waals surface area (Å²) in [5.74, 6) is 0.797. The number of benzene rings is 2. The van der Waals surface area contributed by atoms with E-state index in [1.807, 2.05) is 12.1 Å². The van der Waals surface area contributed by atoms with Gasteiger partial charge in [-0.15, -0.1) is 0 Å². The van der Waals surface area contributed by atoms with Gasteiger partial charge >= 0.3 is 0 Å². The molecule has 1 aliphatic heterocycles. The molecule has 0 aromatic heterocycles. The smallest absolute Gasteiger partial charge is 0.258 e. The minimum Gasteiger partial charge on any atom is -0.424 e. The predicted octanol–water partition coefficient (Wildman–Crippen LogP) is 3.30. The van der Waals surface area contributed by atoms with Gasteiger partial charge in [0, 0.05) is 0 Å². The van der Waals surface area contributed by atoms with Crippen molar-refractivity contribution < 1.29 is 4.80 Å². The number of rotatable bonds is 6. The first-order valence-corrected chi connectivity index (χ1v) is 11.5. The van der Waals surface area contributed by atoms with Gasteiger partial charge in [0.05, 0.1) is 0 Å². The maximum atomic E-state index is 12.1. The highest BCUT2D eigenvalue weighted by Crippen LogP contribution is 2.41. The Morgan fingerprint density at radius 3 is 1.88 bits per heavy atom. The Balaban J connectivity index is 1.90. The summed E-state index contributed by atoms with van der Waals surface area (Å²) in [6, 6.07) is 20.8. The Morgan fingerprint density at radius 1 is 0.920 bits per heavy atom. The normalized spacial score (nSPS) is 16.8. The van der Waals surface area contributed by atoms with E-state index in [-0.39, 0.29) is 5.04 Å². The Labute approximate surface area is 153 Å². The lowest BCUT2D eigenvalue weighted by Crippen LogP contribution is -2.65. The molecule has 0 spiro atoms. The highest BCUT2D eigenvalue weighted by molar-refractivity contribution is 6.98. The monoisotopic (exact) mass is 353 g/mol. The highest BCUT2D eigenvalue weighted by atomic mass is 28.4. The average molecular weight is 354 g/mol. The molecule has 1 saturated heterocycles. The fraction of sp³-hybridized carbons (Fsp3) is 0.455. The van der Waals surface area contributed by atoms with Crippen molar-refractivity contribution in [2.75, 3.05) is 13.1 Å². The molecule has 2 aromatic rings. The van der Waals surface area contributed by atoms with Crippen LogP contribution in [0.4, 0.5) is 0 Å². The van der Waals surface area contributed by atoms with Crippen molar-refractivity contribution in [3.8, 4) is 0 Å². The van der Waals surface area contributed by atoms with Crippen LogP contribution in [-0.4, -0.2) is 26.2 Å². The quantitative estimate of drug-likeness (QED) is 0.781. The number of hydrogen-bond acceptors (Lipinski definition) is 2. The van der Waals surface area contributed by atoms with E-state index in [4.69, 9.17) is 0 Å². The molecule has 2 aromatic carbocycles. The SMILES string of the molecule is CC(C)(CCC1CCNCC1)[Si](O)(c1ccccc1)c1ccccc1. The zero-order valence-electron chi connectivity index (χ0n) is 15.5. The Morgan fingerprint density at radius 2 is 1.40 bits per heavy atom. The van der Waals surface area contributed by atoms with Crippen LogP contribution in [0.3, 0.4) is 0 Å². The van der Waals surface area contributed by atoms with Crippen LogP contribution in [0.1, 0.15) is 39.5 Å². The second-order valence-electron chi connectivity index (χ2n) is 8.06. The van der Waals surface area contributed by atoms with Gasteiger partial charge in [0.1, 0.15) is 0 Å². The van der Waals surface area contributed by atoms with Crippen LogP contribution in [0.2, 0.25) is 5.04 Å². The van der Waals surface area contributed by atoms with Gasteiger partial charge in [-0.2, -0.15) is 0 Å². The second-order valence-corrected chi connectivity index (χ2v) is 12.0. The van der Waals surface area contributed by atoms with Crippen molar-refractivity contribution in [1.29, 1.82) is 0 Å². The molecule has 3 rings (SSSR count). The Hall–Kier alpha value is -1.42. The lowest BCUT2D eigenvalue weighted by Gasteiger charge is -2.42. The van der Waals surface area contributed by atoms with E-state index in [9.17, 15) is 4.80 Å². The maximum absolute atomic E-state index is 12.1. The van der Waals surface area contributed by atoms with Crippen LogP contribution in [0.25, 0.3) is 0 Å². The zero-order valence-corrected chi connectivity index (χ0v) is 16.5. The fourth-order valence-electron chi connectivity index (χ4n) is 4.22. The van der Waals surface area contributed by atoms with Crippen molar-refractivity contribution in [3.63, 3.8) is 0 Å². The third kappa shape index (κ3) is 3.89. The lowest BCUT2D eigenvalue weighted by atomic mass is 9.90. The molecule has 134 valence electrons. The molecule has 0 radical (unpaired) electrons. The third-order valence-corrected chi connectivity index (χ3v) is 10.5. The molecule has 25 heavy (non-hydrogen) atoms. The summed E-state index contributed by atoms with van der Waals surface area (Å²) in [5, 5.41) is 5.59. The van der Waals surface area contributed by atoms with Crippen molar-refractivity contribution in [1.82, 2.24) is 5.32 Å². The third-order valence-electron chi connectivity index (χ3n) is 6.00. The fourth-order valence-corrected chi connectivity index (χ4v) is 7.98. The van der Waals surface area contributed by atoms with E-state index in [0.29, 0.717) is 0 Å². The molecule has 1 heterocycles. The first-order chi connectivity index (χ1) is 12.0. The number of piperidine rings is 1. The van der Waals surface area contributed by atoms with E-state index in [1.165, 1.54) is 19.3 Å². The molecular formula is C22H31NOSi. The molecule has 3 heteroatoms. The second kappa shape index (κ2) is 7.86. The molecule has 0 aliphatic carbocycles. The summed E-state index contributed by atoms with van der Waals surface area (Å²) in [7, 11) is -2.83. The van der Waals surface area contributed by atoms with Crippen molar-refractivity contribution in [2.45, 2.75) is 44.6 Å². The van der Waals surface area contributed by atoms with Crippen LogP contribution in [0.5, 0.6) is 0 Å².